The van der Waals surface area contributed by atoms with Crippen LogP contribution in [0.3, 0.4) is 0 Å². The molecule has 182 valence electrons. The molecule has 1 atom stereocenters. The molecule has 0 spiro atoms. The van der Waals surface area contributed by atoms with Crippen LogP contribution >= 0.6 is 0 Å². The number of ether oxygens (including phenoxy) is 2. The molecule has 2 N–H and O–H groups in total. The molecular weight excluding hydrogens is 436 g/mol. The molecule has 8 nitrogen and oxygen atoms in total. The summed E-state index contributed by atoms with van der Waals surface area (Å²) in [7, 11) is 0. The molecule has 0 fully saturated rings. The number of carbonyl (C=O) groups is 3. The van der Waals surface area contributed by atoms with E-state index in [1.54, 1.807) is 32.6 Å². The number of aliphatic carboxylic acids is 1. The fraction of sp³-hybridized carbons (Fsp3) is 0.423. The third-order valence-corrected chi connectivity index (χ3v) is 5.59. The van der Waals surface area contributed by atoms with Crippen LogP contribution in [0.5, 0.6) is 0 Å². The van der Waals surface area contributed by atoms with E-state index in [0.29, 0.717) is 6.54 Å². The van der Waals surface area contributed by atoms with Gasteiger partial charge in [-0.15, -0.1) is 0 Å². The van der Waals surface area contributed by atoms with Crippen molar-refractivity contribution in [1.82, 2.24) is 10.2 Å². The smallest absolute Gasteiger partial charge is 0.407 e. The Morgan fingerprint density at radius 3 is 2.09 bits per heavy atom. The summed E-state index contributed by atoms with van der Waals surface area (Å²) < 4.78 is 10.8. The normalized spacial score (nSPS) is 13.7. The first-order valence-electron chi connectivity index (χ1n) is 11.4. The number of likely N-dealkylation sites (N-methyl/N-ethyl adjacent to an activating group) is 1. The Hall–Kier alpha value is -3.39. The number of esters is 1. The maximum atomic E-state index is 12.5. The number of amides is 1. The van der Waals surface area contributed by atoms with Crippen molar-refractivity contribution in [3.63, 3.8) is 0 Å². The number of hydrogen-bond donors (Lipinski definition) is 2. The van der Waals surface area contributed by atoms with E-state index in [4.69, 9.17) is 9.47 Å². The second-order valence-corrected chi connectivity index (χ2v) is 9.27. The second-order valence-electron chi connectivity index (χ2n) is 9.27. The van der Waals surface area contributed by atoms with Gasteiger partial charge in [0.2, 0.25) is 0 Å². The molecule has 0 saturated heterocycles. The zero-order valence-corrected chi connectivity index (χ0v) is 20.0. The van der Waals surface area contributed by atoms with E-state index in [-0.39, 0.29) is 25.6 Å². The van der Waals surface area contributed by atoms with Gasteiger partial charge in [-0.25, -0.2) is 9.59 Å². The van der Waals surface area contributed by atoms with Crippen molar-refractivity contribution in [2.45, 2.75) is 45.3 Å². The molecule has 34 heavy (non-hydrogen) atoms. The van der Waals surface area contributed by atoms with Crippen LogP contribution in [0.1, 0.15) is 44.7 Å². The fourth-order valence-corrected chi connectivity index (χ4v) is 4.09. The monoisotopic (exact) mass is 468 g/mol. The van der Waals surface area contributed by atoms with Gasteiger partial charge in [0.05, 0.1) is 6.54 Å². The summed E-state index contributed by atoms with van der Waals surface area (Å²) >= 11 is 0. The molecular formula is C26H32N2O6. The first-order valence-corrected chi connectivity index (χ1v) is 11.4. The van der Waals surface area contributed by atoms with E-state index < -0.39 is 29.7 Å². The topological polar surface area (TPSA) is 105 Å². The number of hydrogen-bond acceptors (Lipinski definition) is 6. The van der Waals surface area contributed by atoms with Crippen LogP contribution in [0, 0.1) is 0 Å². The van der Waals surface area contributed by atoms with E-state index in [1.165, 1.54) is 0 Å². The van der Waals surface area contributed by atoms with Gasteiger partial charge in [-0.05, 0) is 49.6 Å². The summed E-state index contributed by atoms with van der Waals surface area (Å²) in [6.45, 7) is 7.45. The number of carbonyl (C=O) groups excluding carboxylic acids is 2. The number of carboxylic acids is 1. The average Bonchev–Trinajstić information content (AvgIpc) is 3.09. The highest BCUT2D eigenvalue weighted by molar-refractivity contribution is 5.81. The number of carboxylic acid groups (broad SMARTS) is 1. The van der Waals surface area contributed by atoms with Gasteiger partial charge in [0.25, 0.3) is 0 Å². The highest BCUT2D eigenvalue weighted by atomic mass is 16.6. The Bertz CT molecular complexity index is 1000. The standard InChI is InChI=1S/C26H32N2O6/c1-5-28(15-23(29)34-26(2,3)4)14-22(24(30)31)27-25(32)33-16-21-19-12-8-6-10-17(19)18-11-7-9-13-20(18)21/h6-13,21-22H,5,14-16H2,1-4H3,(H,27,32)(H,30,31)/t22-/m0/s1. The molecule has 1 amide bonds. The first-order chi connectivity index (χ1) is 16.1. The highest BCUT2D eigenvalue weighted by Gasteiger charge is 2.30. The predicted octanol–water partition coefficient (Wildman–Crippen LogP) is 3.64. The molecule has 8 heteroatoms. The van der Waals surface area contributed by atoms with E-state index in [0.717, 1.165) is 22.3 Å². The first kappa shape index (κ1) is 25.2. The molecule has 0 heterocycles. The van der Waals surface area contributed by atoms with Crippen molar-refractivity contribution >= 4 is 18.0 Å². The van der Waals surface area contributed by atoms with Crippen molar-refractivity contribution in [3.05, 3.63) is 59.7 Å². The molecule has 0 aliphatic heterocycles. The number of alkyl carbamates (subject to hydrolysis) is 1. The van der Waals surface area contributed by atoms with Gasteiger partial charge < -0.3 is 19.9 Å². The summed E-state index contributed by atoms with van der Waals surface area (Å²) in [4.78, 5) is 38.0. The second kappa shape index (κ2) is 10.7. The number of nitrogens with one attached hydrogen (secondary N) is 1. The van der Waals surface area contributed by atoms with E-state index >= 15 is 0 Å². The highest BCUT2D eigenvalue weighted by Crippen LogP contribution is 2.44. The largest absolute Gasteiger partial charge is 0.480 e. The summed E-state index contributed by atoms with van der Waals surface area (Å²) in [5.41, 5.74) is 3.72. The van der Waals surface area contributed by atoms with E-state index in [2.05, 4.69) is 5.32 Å². The Balaban J connectivity index is 1.60. The zero-order valence-electron chi connectivity index (χ0n) is 20.0. The van der Waals surface area contributed by atoms with Crippen molar-refractivity contribution in [2.75, 3.05) is 26.2 Å². The summed E-state index contributed by atoms with van der Waals surface area (Å²) in [6.07, 6.45) is -0.817. The molecule has 1 aliphatic carbocycles. The Kier molecular flexibility index (Phi) is 7.94. The molecule has 1 aliphatic rings. The third kappa shape index (κ3) is 6.35. The summed E-state index contributed by atoms with van der Waals surface area (Å²) in [6, 6.07) is 14.7. The molecule has 0 saturated carbocycles. The number of benzene rings is 2. The SMILES string of the molecule is CCN(CC(=O)OC(C)(C)C)C[C@H](NC(=O)OCC1c2ccccc2-c2ccccc21)C(=O)O. The lowest BCUT2D eigenvalue weighted by atomic mass is 9.98. The molecule has 0 aromatic heterocycles. The van der Waals surface area contributed by atoms with Gasteiger partial charge in [0.15, 0.2) is 0 Å². The van der Waals surface area contributed by atoms with Gasteiger partial charge in [0.1, 0.15) is 18.2 Å². The Morgan fingerprint density at radius 1 is 1.03 bits per heavy atom. The summed E-state index contributed by atoms with van der Waals surface area (Å²) in [5, 5.41) is 12.0. The van der Waals surface area contributed by atoms with Gasteiger partial charge in [0, 0.05) is 12.5 Å². The van der Waals surface area contributed by atoms with E-state index in [1.807, 2.05) is 48.5 Å². The average molecular weight is 469 g/mol. The van der Waals surface area contributed by atoms with Crippen LogP contribution in [0.2, 0.25) is 0 Å². The maximum absolute atomic E-state index is 12.5. The third-order valence-electron chi connectivity index (χ3n) is 5.59. The predicted molar refractivity (Wildman–Crippen MR) is 128 cm³/mol. The van der Waals surface area contributed by atoms with Gasteiger partial charge in [-0.2, -0.15) is 0 Å². The van der Waals surface area contributed by atoms with Crippen LogP contribution in [-0.4, -0.2) is 65.9 Å². The van der Waals surface area contributed by atoms with Gasteiger partial charge >= 0.3 is 18.0 Å². The minimum atomic E-state index is -1.24. The number of rotatable bonds is 9. The van der Waals surface area contributed by atoms with Crippen LogP contribution in [-0.2, 0) is 19.1 Å². The zero-order chi connectivity index (χ0) is 24.9. The van der Waals surface area contributed by atoms with Gasteiger partial charge in [-0.3, -0.25) is 9.69 Å². The Morgan fingerprint density at radius 2 is 1.59 bits per heavy atom. The Labute approximate surface area is 199 Å². The molecule has 2 aromatic carbocycles. The van der Waals surface area contributed by atoms with Crippen molar-refractivity contribution in [2.24, 2.45) is 0 Å². The van der Waals surface area contributed by atoms with Crippen molar-refractivity contribution < 1.29 is 29.0 Å². The minimum Gasteiger partial charge on any atom is -0.480 e. The minimum absolute atomic E-state index is 0.0602. The number of nitrogens with zero attached hydrogens (tertiary/aromatic N) is 1. The maximum Gasteiger partial charge on any atom is 0.407 e. The van der Waals surface area contributed by atoms with E-state index in [9.17, 15) is 19.5 Å². The molecule has 0 unspecified atom stereocenters. The van der Waals surface area contributed by atoms with Crippen LogP contribution in [0.4, 0.5) is 4.79 Å². The van der Waals surface area contributed by atoms with Crippen LogP contribution < -0.4 is 5.32 Å². The molecule has 0 radical (unpaired) electrons. The quantitative estimate of drug-likeness (QED) is 0.541. The lowest BCUT2D eigenvalue weighted by Crippen LogP contribution is -2.50. The molecule has 2 aromatic rings. The van der Waals surface area contributed by atoms with Crippen molar-refractivity contribution in [3.8, 4) is 11.1 Å². The lowest BCUT2D eigenvalue weighted by molar-refractivity contribution is -0.156. The van der Waals surface area contributed by atoms with Crippen molar-refractivity contribution in [1.29, 1.82) is 0 Å². The lowest BCUT2D eigenvalue weighted by Gasteiger charge is -2.26. The molecule has 0 bridgehead atoms. The molecule has 3 rings (SSSR count). The fourth-order valence-electron chi connectivity index (χ4n) is 4.09. The number of fused-ring (bicyclic) bond motifs is 3. The van der Waals surface area contributed by atoms with Crippen LogP contribution in [0.25, 0.3) is 11.1 Å². The summed E-state index contributed by atoms with van der Waals surface area (Å²) in [5.74, 6) is -1.79. The van der Waals surface area contributed by atoms with Gasteiger partial charge in [-0.1, -0.05) is 55.5 Å². The van der Waals surface area contributed by atoms with Crippen LogP contribution in [0.15, 0.2) is 48.5 Å².